The summed E-state index contributed by atoms with van der Waals surface area (Å²) >= 11 is 3.43. The molecule has 0 fully saturated rings. The molecule has 0 saturated carbocycles. The number of aryl methyl sites for hydroxylation is 2. The fraction of sp³-hybridized carbons (Fsp3) is 0.278. The molecule has 0 heterocycles. The van der Waals surface area contributed by atoms with E-state index in [1.54, 1.807) is 0 Å². The summed E-state index contributed by atoms with van der Waals surface area (Å²) in [6, 6.07) is 13.5. The van der Waals surface area contributed by atoms with Crippen molar-refractivity contribution < 1.29 is 9.53 Å². The maximum absolute atomic E-state index is 12.4. The summed E-state index contributed by atoms with van der Waals surface area (Å²) in [5.41, 5.74) is 2.88. The first kappa shape index (κ1) is 16.6. The van der Waals surface area contributed by atoms with Crippen molar-refractivity contribution in [2.45, 2.75) is 33.3 Å². The van der Waals surface area contributed by atoms with E-state index in [9.17, 15) is 4.79 Å². The number of anilines is 1. The largest absolute Gasteiger partial charge is 0.480 e. The maximum atomic E-state index is 12.4. The first-order chi connectivity index (χ1) is 10.5. The second-order valence-electron chi connectivity index (χ2n) is 5.25. The van der Waals surface area contributed by atoms with E-state index >= 15 is 0 Å². The van der Waals surface area contributed by atoms with Crippen molar-refractivity contribution in [2.75, 3.05) is 5.32 Å². The number of nitrogens with one attached hydrogen (secondary N) is 1. The summed E-state index contributed by atoms with van der Waals surface area (Å²) in [6.07, 6.45) is 0.0801. The third-order valence-corrected chi connectivity index (χ3v) is 4.10. The van der Waals surface area contributed by atoms with E-state index in [0.717, 1.165) is 27.0 Å². The fourth-order valence-corrected chi connectivity index (χ4v) is 2.47. The smallest absolute Gasteiger partial charge is 0.265 e. The number of benzene rings is 2. The molecule has 2 aromatic rings. The molecule has 1 N–H and O–H groups in total. The molecule has 22 heavy (non-hydrogen) atoms. The lowest BCUT2D eigenvalue weighted by Crippen LogP contribution is -2.32. The number of ether oxygens (including phenoxy) is 1. The van der Waals surface area contributed by atoms with Crippen LogP contribution in [0.25, 0.3) is 0 Å². The van der Waals surface area contributed by atoms with Crippen molar-refractivity contribution >= 4 is 27.5 Å². The summed E-state index contributed by atoms with van der Waals surface area (Å²) in [5, 5.41) is 2.90. The number of hydrogen-bond acceptors (Lipinski definition) is 2. The van der Waals surface area contributed by atoms with Gasteiger partial charge in [0.15, 0.2) is 6.10 Å². The molecule has 0 bridgehead atoms. The van der Waals surface area contributed by atoms with Crippen LogP contribution in [0.4, 0.5) is 5.69 Å². The fourth-order valence-electron chi connectivity index (χ4n) is 2.09. The Bertz CT molecular complexity index is 670. The predicted molar refractivity (Wildman–Crippen MR) is 93.4 cm³/mol. The molecule has 0 aromatic heterocycles. The minimum Gasteiger partial charge on any atom is -0.480 e. The Morgan fingerprint density at radius 1 is 1.23 bits per heavy atom. The summed E-state index contributed by atoms with van der Waals surface area (Å²) in [4.78, 5) is 12.4. The molecule has 0 unspecified atom stereocenters. The Hall–Kier alpha value is -1.81. The molecular formula is C18H20BrNO2. The first-order valence-corrected chi connectivity index (χ1v) is 8.10. The molecule has 0 aliphatic heterocycles. The van der Waals surface area contributed by atoms with Gasteiger partial charge in [0.05, 0.1) is 5.69 Å². The molecule has 0 radical (unpaired) electrons. The normalized spacial score (nSPS) is 11.8. The average Bonchev–Trinajstić information content (AvgIpc) is 2.50. The van der Waals surface area contributed by atoms with Crippen molar-refractivity contribution in [2.24, 2.45) is 0 Å². The minimum atomic E-state index is -0.521. The van der Waals surface area contributed by atoms with Crippen molar-refractivity contribution in [3.05, 3.63) is 58.1 Å². The van der Waals surface area contributed by atoms with E-state index in [1.165, 1.54) is 0 Å². The van der Waals surface area contributed by atoms with Gasteiger partial charge in [-0.05, 0) is 65.5 Å². The number of para-hydroxylation sites is 1. The van der Waals surface area contributed by atoms with E-state index in [4.69, 9.17) is 4.74 Å². The molecule has 2 rings (SSSR count). The van der Waals surface area contributed by atoms with Crippen LogP contribution in [0.15, 0.2) is 46.9 Å². The number of rotatable bonds is 5. The van der Waals surface area contributed by atoms with Gasteiger partial charge >= 0.3 is 0 Å². The van der Waals surface area contributed by atoms with E-state index in [1.807, 2.05) is 63.2 Å². The summed E-state index contributed by atoms with van der Waals surface area (Å²) in [6.45, 7) is 5.93. The quantitative estimate of drug-likeness (QED) is 0.825. The van der Waals surface area contributed by atoms with Gasteiger partial charge in [-0.3, -0.25) is 4.79 Å². The molecule has 116 valence electrons. The van der Waals surface area contributed by atoms with Crippen molar-refractivity contribution in [3.63, 3.8) is 0 Å². The SMILES string of the molecule is CC[C@H](Oc1cc(C)ccc1C)C(=O)Nc1ccccc1Br. The number of carbonyl (C=O) groups excluding carboxylic acids is 1. The second kappa shape index (κ2) is 7.45. The molecular weight excluding hydrogens is 342 g/mol. The molecule has 0 saturated heterocycles. The predicted octanol–water partition coefficient (Wildman–Crippen LogP) is 4.86. The van der Waals surface area contributed by atoms with Gasteiger partial charge in [-0.2, -0.15) is 0 Å². The Balaban J connectivity index is 2.12. The highest BCUT2D eigenvalue weighted by Crippen LogP contribution is 2.24. The molecule has 0 aliphatic carbocycles. The Kier molecular flexibility index (Phi) is 5.61. The number of carbonyl (C=O) groups is 1. The van der Waals surface area contributed by atoms with Crippen LogP contribution in [0.1, 0.15) is 24.5 Å². The maximum Gasteiger partial charge on any atom is 0.265 e. The van der Waals surface area contributed by atoms with E-state index in [2.05, 4.69) is 21.2 Å². The van der Waals surface area contributed by atoms with Gasteiger partial charge < -0.3 is 10.1 Å². The van der Waals surface area contributed by atoms with Crippen LogP contribution in [0.5, 0.6) is 5.75 Å². The van der Waals surface area contributed by atoms with Gasteiger partial charge in [-0.25, -0.2) is 0 Å². The third-order valence-electron chi connectivity index (χ3n) is 3.41. The van der Waals surface area contributed by atoms with Crippen LogP contribution in [-0.2, 0) is 4.79 Å². The zero-order valence-electron chi connectivity index (χ0n) is 13.0. The van der Waals surface area contributed by atoms with Gasteiger partial charge in [0, 0.05) is 4.47 Å². The number of halogens is 1. The molecule has 3 nitrogen and oxygen atoms in total. The zero-order valence-corrected chi connectivity index (χ0v) is 14.6. The Morgan fingerprint density at radius 3 is 2.64 bits per heavy atom. The van der Waals surface area contributed by atoms with Gasteiger partial charge in [-0.1, -0.05) is 31.2 Å². The van der Waals surface area contributed by atoms with E-state index < -0.39 is 6.10 Å². The van der Waals surface area contributed by atoms with Gasteiger partial charge in [0.2, 0.25) is 0 Å². The summed E-state index contributed by atoms with van der Waals surface area (Å²) < 4.78 is 6.77. The lowest BCUT2D eigenvalue weighted by Gasteiger charge is -2.19. The summed E-state index contributed by atoms with van der Waals surface area (Å²) in [5.74, 6) is 0.615. The van der Waals surface area contributed by atoms with E-state index in [0.29, 0.717) is 6.42 Å². The number of hydrogen-bond donors (Lipinski definition) is 1. The monoisotopic (exact) mass is 361 g/mol. The minimum absolute atomic E-state index is 0.143. The Morgan fingerprint density at radius 2 is 1.95 bits per heavy atom. The molecule has 1 atom stereocenters. The van der Waals surface area contributed by atoms with Crippen LogP contribution in [0.2, 0.25) is 0 Å². The first-order valence-electron chi connectivity index (χ1n) is 7.30. The van der Waals surface area contributed by atoms with Gasteiger partial charge in [0.1, 0.15) is 5.75 Å². The van der Waals surface area contributed by atoms with Gasteiger partial charge in [-0.15, -0.1) is 0 Å². The average molecular weight is 362 g/mol. The molecule has 2 aromatic carbocycles. The van der Waals surface area contributed by atoms with Crippen LogP contribution in [0.3, 0.4) is 0 Å². The van der Waals surface area contributed by atoms with Crippen LogP contribution < -0.4 is 10.1 Å². The van der Waals surface area contributed by atoms with Crippen molar-refractivity contribution in [3.8, 4) is 5.75 Å². The van der Waals surface area contributed by atoms with Crippen LogP contribution in [0, 0.1) is 13.8 Å². The highest BCUT2D eigenvalue weighted by atomic mass is 79.9. The molecule has 0 aliphatic rings. The highest BCUT2D eigenvalue weighted by Gasteiger charge is 2.20. The Labute approximate surface area is 139 Å². The lowest BCUT2D eigenvalue weighted by molar-refractivity contribution is -0.122. The molecule has 4 heteroatoms. The standard InChI is InChI=1S/C18H20BrNO2/c1-4-16(22-17-11-12(2)9-10-13(17)3)18(21)20-15-8-6-5-7-14(15)19/h5-11,16H,4H2,1-3H3,(H,20,21)/t16-/m0/s1. The molecule has 0 spiro atoms. The topological polar surface area (TPSA) is 38.3 Å². The van der Waals surface area contributed by atoms with Crippen molar-refractivity contribution in [1.29, 1.82) is 0 Å². The van der Waals surface area contributed by atoms with E-state index in [-0.39, 0.29) is 5.91 Å². The summed E-state index contributed by atoms with van der Waals surface area (Å²) in [7, 11) is 0. The molecule has 1 amide bonds. The second-order valence-corrected chi connectivity index (χ2v) is 6.11. The zero-order chi connectivity index (χ0) is 16.1. The number of amides is 1. The van der Waals surface area contributed by atoms with Crippen molar-refractivity contribution in [1.82, 2.24) is 0 Å². The highest BCUT2D eigenvalue weighted by molar-refractivity contribution is 9.10. The van der Waals surface area contributed by atoms with Crippen LogP contribution >= 0.6 is 15.9 Å². The third kappa shape index (κ3) is 4.10. The van der Waals surface area contributed by atoms with Crippen LogP contribution in [-0.4, -0.2) is 12.0 Å². The lowest BCUT2D eigenvalue weighted by atomic mass is 10.1. The van der Waals surface area contributed by atoms with Gasteiger partial charge in [0.25, 0.3) is 5.91 Å².